The number of piperidine rings is 1. The third-order valence-corrected chi connectivity index (χ3v) is 2.77. The first-order valence-electron chi connectivity index (χ1n) is 4.72. The average Bonchev–Trinajstić information content (AvgIpc) is 2.85. The summed E-state index contributed by atoms with van der Waals surface area (Å²) in [6, 6.07) is 0. The molecule has 0 N–H and O–H groups in total. The van der Waals surface area contributed by atoms with Crippen LogP contribution in [0.4, 0.5) is 0 Å². The van der Waals surface area contributed by atoms with Gasteiger partial charge in [0.2, 0.25) is 5.91 Å². The number of carbonyl (C=O) groups is 1. The maximum absolute atomic E-state index is 11.7. The molecule has 0 spiro atoms. The fourth-order valence-corrected chi connectivity index (χ4v) is 1.71. The van der Waals surface area contributed by atoms with Crippen LogP contribution < -0.4 is 0 Å². The van der Waals surface area contributed by atoms with E-state index in [-0.39, 0.29) is 5.41 Å². The summed E-state index contributed by atoms with van der Waals surface area (Å²) in [4.78, 5) is 13.7. The number of likely N-dealkylation sites (tertiary alicyclic amines) is 1. The molecular formula is C10H15NO. The summed E-state index contributed by atoms with van der Waals surface area (Å²) in [6.45, 7) is 3.93. The first-order valence-corrected chi connectivity index (χ1v) is 4.72. The molecule has 1 aliphatic heterocycles. The number of carbonyl (C=O) groups excluding carboxylic acids is 1. The molecule has 0 unspecified atom stereocenters. The summed E-state index contributed by atoms with van der Waals surface area (Å²) < 4.78 is 0. The molecule has 1 heterocycles. The number of hydrogen-bond acceptors (Lipinski definition) is 1. The molecule has 66 valence electrons. The van der Waals surface area contributed by atoms with Gasteiger partial charge < -0.3 is 4.90 Å². The number of hydrogen-bond donors (Lipinski definition) is 0. The molecule has 2 heteroatoms. The molecule has 1 fully saturated rings. The Hall–Kier alpha value is -0.790. The van der Waals surface area contributed by atoms with Crippen LogP contribution in [-0.2, 0) is 4.79 Å². The van der Waals surface area contributed by atoms with Crippen molar-refractivity contribution in [3.05, 3.63) is 12.2 Å². The summed E-state index contributed by atoms with van der Waals surface area (Å²) in [7, 11) is 0. The van der Waals surface area contributed by atoms with E-state index in [1.807, 2.05) is 24.0 Å². The number of amides is 1. The van der Waals surface area contributed by atoms with E-state index in [1.165, 1.54) is 19.3 Å². The van der Waals surface area contributed by atoms with E-state index in [0.717, 1.165) is 13.1 Å². The van der Waals surface area contributed by atoms with Gasteiger partial charge in [0.25, 0.3) is 0 Å². The van der Waals surface area contributed by atoms with Crippen LogP contribution in [0.5, 0.6) is 0 Å². The Kier molecular flexibility index (Phi) is 1.71. The van der Waals surface area contributed by atoms with Crippen molar-refractivity contribution < 1.29 is 4.79 Å². The molecule has 0 aromatic rings. The minimum Gasteiger partial charge on any atom is -0.342 e. The van der Waals surface area contributed by atoms with E-state index in [2.05, 4.69) is 0 Å². The fraction of sp³-hybridized carbons (Fsp3) is 0.700. The van der Waals surface area contributed by atoms with Crippen LogP contribution in [-0.4, -0.2) is 23.9 Å². The van der Waals surface area contributed by atoms with Gasteiger partial charge in [0.1, 0.15) is 0 Å². The van der Waals surface area contributed by atoms with Gasteiger partial charge in [-0.1, -0.05) is 12.2 Å². The highest BCUT2D eigenvalue weighted by Gasteiger charge is 2.39. The normalized spacial score (nSPS) is 25.6. The second-order valence-corrected chi connectivity index (χ2v) is 3.97. The number of rotatable bonds is 1. The zero-order valence-electron chi connectivity index (χ0n) is 7.55. The van der Waals surface area contributed by atoms with Gasteiger partial charge in [-0.3, -0.25) is 4.79 Å². The SMILES string of the molecule is CC1(C(=O)N2CCCCC2)C=C1. The molecule has 2 nitrogen and oxygen atoms in total. The molecule has 0 aromatic carbocycles. The van der Waals surface area contributed by atoms with Crippen molar-refractivity contribution in [3.63, 3.8) is 0 Å². The van der Waals surface area contributed by atoms with E-state index in [0.29, 0.717) is 5.91 Å². The molecule has 1 amide bonds. The molecular weight excluding hydrogens is 150 g/mol. The van der Waals surface area contributed by atoms with Crippen LogP contribution >= 0.6 is 0 Å². The van der Waals surface area contributed by atoms with Crippen LogP contribution in [0, 0.1) is 5.41 Å². The summed E-state index contributed by atoms with van der Waals surface area (Å²) in [5.41, 5.74) is -0.197. The molecule has 0 atom stereocenters. The molecule has 0 radical (unpaired) electrons. The Morgan fingerprint density at radius 2 is 1.83 bits per heavy atom. The lowest BCUT2D eigenvalue weighted by Gasteiger charge is -2.29. The predicted molar refractivity (Wildman–Crippen MR) is 47.7 cm³/mol. The second kappa shape index (κ2) is 2.61. The lowest BCUT2D eigenvalue weighted by atomic mass is 10.0. The Morgan fingerprint density at radius 3 is 2.33 bits per heavy atom. The quantitative estimate of drug-likeness (QED) is 0.540. The van der Waals surface area contributed by atoms with Crippen LogP contribution in [0.2, 0.25) is 0 Å². The summed E-state index contributed by atoms with van der Waals surface area (Å²) in [5.74, 6) is 0.308. The summed E-state index contributed by atoms with van der Waals surface area (Å²) >= 11 is 0. The molecule has 0 bridgehead atoms. The molecule has 2 aliphatic rings. The zero-order valence-corrected chi connectivity index (χ0v) is 7.55. The van der Waals surface area contributed by atoms with Crippen molar-refractivity contribution >= 4 is 5.91 Å². The Morgan fingerprint density at radius 1 is 1.25 bits per heavy atom. The van der Waals surface area contributed by atoms with Crippen LogP contribution in [0.25, 0.3) is 0 Å². The van der Waals surface area contributed by atoms with Gasteiger partial charge in [-0.2, -0.15) is 0 Å². The van der Waals surface area contributed by atoms with Crippen LogP contribution in [0.1, 0.15) is 26.2 Å². The highest BCUT2D eigenvalue weighted by atomic mass is 16.2. The molecule has 0 aromatic heterocycles. The third kappa shape index (κ3) is 1.26. The van der Waals surface area contributed by atoms with Gasteiger partial charge in [0.15, 0.2) is 0 Å². The molecule has 12 heavy (non-hydrogen) atoms. The van der Waals surface area contributed by atoms with Crippen LogP contribution in [0.3, 0.4) is 0 Å². The predicted octanol–water partition coefficient (Wildman–Crippen LogP) is 1.58. The Labute approximate surface area is 73.2 Å². The Bertz CT molecular complexity index is 220. The van der Waals surface area contributed by atoms with E-state index >= 15 is 0 Å². The highest BCUT2D eigenvalue weighted by Crippen LogP contribution is 2.36. The first kappa shape index (κ1) is 7.84. The zero-order chi connectivity index (χ0) is 8.60. The average molecular weight is 165 g/mol. The third-order valence-electron chi connectivity index (χ3n) is 2.77. The summed E-state index contributed by atoms with van der Waals surface area (Å²) in [6.07, 6.45) is 7.63. The maximum Gasteiger partial charge on any atom is 0.236 e. The van der Waals surface area contributed by atoms with E-state index < -0.39 is 0 Å². The van der Waals surface area contributed by atoms with E-state index in [4.69, 9.17) is 0 Å². The fourth-order valence-electron chi connectivity index (χ4n) is 1.71. The van der Waals surface area contributed by atoms with Gasteiger partial charge >= 0.3 is 0 Å². The minimum absolute atomic E-state index is 0.197. The highest BCUT2D eigenvalue weighted by molar-refractivity contribution is 5.90. The van der Waals surface area contributed by atoms with Gasteiger partial charge in [-0.15, -0.1) is 0 Å². The van der Waals surface area contributed by atoms with Crippen molar-refractivity contribution in [1.29, 1.82) is 0 Å². The van der Waals surface area contributed by atoms with Crippen molar-refractivity contribution in [2.24, 2.45) is 5.41 Å². The lowest BCUT2D eigenvalue weighted by Crippen LogP contribution is -2.40. The lowest BCUT2D eigenvalue weighted by molar-refractivity contribution is -0.136. The number of nitrogens with zero attached hydrogens (tertiary/aromatic N) is 1. The van der Waals surface area contributed by atoms with Gasteiger partial charge in [-0.25, -0.2) is 0 Å². The van der Waals surface area contributed by atoms with Gasteiger partial charge in [0, 0.05) is 13.1 Å². The molecule has 1 aliphatic carbocycles. The monoisotopic (exact) mass is 165 g/mol. The van der Waals surface area contributed by atoms with Crippen molar-refractivity contribution in [2.45, 2.75) is 26.2 Å². The minimum atomic E-state index is -0.197. The van der Waals surface area contributed by atoms with Crippen molar-refractivity contribution in [3.8, 4) is 0 Å². The first-order chi connectivity index (χ1) is 5.72. The molecule has 0 saturated carbocycles. The van der Waals surface area contributed by atoms with Crippen molar-refractivity contribution in [2.75, 3.05) is 13.1 Å². The smallest absolute Gasteiger partial charge is 0.236 e. The van der Waals surface area contributed by atoms with Gasteiger partial charge in [0.05, 0.1) is 5.41 Å². The summed E-state index contributed by atoms with van der Waals surface area (Å²) in [5, 5.41) is 0. The standard InChI is InChI=1S/C10H15NO/c1-10(5-6-10)9(12)11-7-3-2-4-8-11/h5-6H,2-4,7-8H2,1H3. The maximum atomic E-state index is 11.7. The van der Waals surface area contributed by atoms with Gasteiger partial charge in [-0.05, 0) is 26.2 Å². The van der Waals surface area contributed by atoms with E-state index in [9.17, 15) is 4.79 Å². The molecule has 2 rings (SSSR count). The largest absolute Gasteiger partial charge is 0.342 e. The molecule has 1 saturated heterocycles. The topological polar surface area (TPSA) is 20.3 Å². The van der Waals surface area contributed by atoms with Crippen LogP contribution in [0.15, 0.2) is 12.2 Å². The Balaban J connectivity index is 1.94. The van der Waals surface area contributed by atoms with Crippen molar-refractivity contribution in [1.82, 2.24) is 4.90 Å². The van der Waals surface area contributed by atoms with E-state index in [1.54, 1.807) is 0 Å². The second-order valence-electron chi connectivity index (χ2n) is 3.97.